The van der Waals surface area contributed by atoms with Gasteiger partial charge in [0.15, 0.2) is 0 Å². The Morgan fingerprint density at radius 1 is 1.15 bits per heavy atom. The van der Waals surface area contributed by atoms with Crippen molar-refractivity contribution in [3.05, 3.63) is 59.7 Å². The lowest BCUT2D eigenvalue weighted by Gasteiger charge is -2.32. The van der Waals surface area contributed by atoms with Crippen molar-refractivity contribution >= 4 is 22.8 Å². The Hall–Kier alpha value is -3.26. The summed E-state index contributed by atoms with van der Waals surface area (Å²) in [6.45, 7) is 2.70. The van der Waals surface area contributed by atoms with Gasteiger partial charge in [0, 0.05) is 19.7 Å². The lowest BCUT2D eigenvalue weighted by molar-refractivity contribution is -0.142. The Bertz CT molecular complexity index is 1110. The van der Waals surface area contributed by atoms with Crippen LogP contribution in [0.3, 0.4) is 0 Å². The van der Waals surface area contributed by atoms with Crippen LogP contribution in [0, 0.1) is 0 Å². The van der Waals surface area contributed by atoms with Crippen LogP contribution >= 0.6 is 0 Å². The number of aromatic nitrogens is 3. The number of amides is 2. The molecule has 0 radical (unpaired) electrons. The SMILES string of the molecule is CCc1ccc([C@@H](C(=O)NC2CCCC2)N(CCOC)C(=O)Cn2nnc3ccccc32)cc1. The van der Waals surface area contributed by atoms with Gasteiger partial charge in [0.25, 0.3) is 0 Å². The number of hydrogen-bond donors (Lipinski definition) is 1. The first-order chi connectivity index (χ1) is 16.6. The highest BCUT2D eigenvalue weighted by molar-refractivity contribution is 5.89. The van der Waals surface area contributed by atoms with Crippen molar-refractivity contribution in [3.63, 3.8) is 0 Å². The molecule has 1 atom stereocenters. The molecule has 8 nitrogen and oxygen atoms in total. The van der Waals surface area contributed by atoms with Crippen LogP contribution in [-0.2, 0) is 27.3 Å². The summed E-state index contributed by atoms with van der Waals surface area (Å²) < 4.78 is 6.89. The molecule has 1 aliphatic rings. The molecule has 0 bridgehead atoms. The molecule has 1 heterocycles. The largest absolute Gasteiger partial charge is 0.383 e. The maximum Gasteiger partial charge on any atom is 0.247 e. The molecule has 0 spiro atoms. The second-order valence-electron chi connectivity index (χ2n) is 8.80. The Kier molecular flexibility index (Phi) is 7.90. The second-order valence-corrected chi connectivity index (χ2v) is 8.80. The highest BCUT2D eigenvalue weighted by Gasteiger charge is 2.33. The number of fused-ring (bicyclic) bond motifs is 1. The Morgan fingerprint density at radius 2 is 1.88 bits per heavy atom. The van der Waals surface area contributed by atoms with E-state index in [0.717, 1.165) is 48.7 Å². The lowest BCUT2D eigenvalue weighted by atomic mass is 10.0. The second kappa shape index (κ2) is 11.2. The number of nitrogens with zero attached hydrogens (tertiary/aromatic N) is 4. The van der Waals surface area contributed by atoms with Crippen LogP contribution in [0.2, 0.25) is 0 Å². The number of rotatable bonds is 10. The highest BCUT2D eigenvalue weighted by Crippen LogP contribution is 2.25. The third-order valence-electron chi connectivity index (χ3n) is 6.53. The molecule has 1 saturated carbocycles. The van der Waals surface area contributed by atoms with Gasteiger partial charge in [-0.05, 0) is 42.5 Å². The van der Waals surface area contributed by atoms with Gasteiger partial charge >= 0.3 is 0 Å². The Morgan fingerprint density at radius 3 is 2.59 bits per heavy atom. The molecule has 1 aromatic heterocycles. The van der Waals surface area contributed by atoms with Crippen LogP contribution in [0.15, 0.2) is 48.5 Å². The van der Waals surface area contributed by atoms with Crippen LogP contribution in [0.4, 0.5) is 0 Å². The Balaban J connectivity index is 1.65. The van der Waals surface area contributed by atoms with Crippen molar-refractivity contribution < 1.29 is 14.3 Å². The predicted octanol–water partition coefficient (Wildman–Crippen LogP) is 3.27. The van der Waals surface area contributed by atoms with E-state index < -0.39 is 6.04 Å². The molecule has 34 heavy (non-hydrogen) atoms. The first-order valence-corrected chi connectivity index (χ1v) is 12.1. The minimum absolute atomic E-state index is 0.00944. The number of carbonyl (C=O) groups excluding carboxylic acids is 2. The number of carbonyl (C=O) groups is 2. The number of para-hydroxylation sites is 1. The van der Waals surface area contributed by atoms with Gasteiger partial charge in [-0.3, -0.25) is 9.59 Å². The van der Waals surface area contributed by atoms with E-state index in [1.165, 1.54) is 5.56 Å². The average Bonchev–Trinajstić information content (AvgIpc) is 3.52. The van der Waals surface area contributed by atoms with Crippen LogP contribution in [0.25, 0.3) is 11.0 Å². The third kappa shape index (κ3) is 5.44. The van der Waals surface area contributed by atoms with Crippen molar-refractivity contribution in [2.45, 2.75) is 57.7 Å². The number of nitrogens with one attached hydrogen (secondary N) is 1. The van der Waals surface area contributed by atoms with E-state index in [1.807, 2.05) is 48.5 Å². The number of ether oxygens (including phenoxy) is 1. The maximum atomic E-state index is 13.6. The van der Waals surface area contributed by atoms with E-state index in [4.69, 9.17) is 4.74 Å². The molecule has 2 aromatic carbocycles. The molecule has 1 N–H and O–H groups in total. The van der Waals surface area contributed by atoms with Gasteiger partial charge in [0.05, 0.1) is 12.1 Å². The van der Waals surface area contributed by atoms with E-state index in [0.29, 0.717) is 13.2 Å². The molecular formula is C26H33N5O3. The van der Waals surface area contributed by atoms with Crippen molar-refractivity contribution in [1.29, 1.82) is 0 Å². The van der Waals surface area contributed by atoms with E-state index in [2.05, 4.69) is 22.6 Å². The van der Waals surface area contributed by atoms with E-state index in [1.54, 1.807) is 16.7 Å². The molecule has 0 saturated heterocycles. The van der Waals surface area contributed by atoms with Crippen molar-refractivity contribution in [2.75, 3.05) is 20.3 Å². The van der Waals surface area contributed by atoms with Gasteiger partial charge < -0.3 is 15.0 Å². The van der Waals surface area contributed by atoms with E-state index in [9.17, 15) is 9.59 Å². The monoisotopic (exact) mass is 463 g/mol. The lowest BCUT2D eigenvalue weighted by Crippen LogP contribution is -2.48. The number of methoxy groups -OCH3 is 1. The first-order valence-electron chi connectivity index (χ1n) is 12.1. The average molecular weight is 464 g/mol. The summed E-state index contributed by atoms with van der Waals surface area (Å²) in [4.78, 5) is 28.9. The summed E-state index contributed by atoms with van der Waals surface area (Å²) in [6.07, 6.45) is 5.10. The summed E-state index contributed by atoms with van der Waals surface area (Å²) >= 11 is 0. The van der Waals surface area contributed by atoms with Gasteiger partial charge in [-0.15, -0.1) is 5.10 Å². The van der Waals surface area contributed by atoms with Crippen LogP contribution < -0.4 is 5.32 Å². The molecule has 180 valence electrons. The molecule has 1 fully saturated rings. The molecule has 8 heteroatoms. The molecule has 0 aliphatic heterocycles. The number of aryl methyl sites for hydroxylation is 1. The van der Waals surface area contributed by atoms with Crippen LogP contribution in [-0.4, -0.2) is 58.0 Å². The Labute approximate surface area is 200 Å². The zero-order valence-corrected chi connectivity index (χ0v) is 19.9. The van der Waals surface area contributed by atoms with Gasteiger partial charge in [-0.25, -0.2) is 4.68 Å². The number of hydrogen-bond acceptors (Lipinski definition) is 5. The van der Waals surface area contributed by atoms with E-state index in [-0.39, 0.29) is 24.4 Å². The quantitative estimate of drug-likeness (QED) is 0.499. The minimum Gasteiger partial charge on any atom is -0.383 e. The third-order valence-corrected chi connectivity index (χ3v) is 6.53. The smallest absolute Gasteiger partial charge is 0.247 e. The van der Waals surface area contributed by atoms with E-state index >= 15 is 0 Å². The fraction of sp³-hybridized carbons (Fsp3) is 0.462. The predicted molar refractivity (Wildman–Crippen MR) is 130 cm³/mol. The zero-order valence-electron chi connectivity index (χ0n) is 19.9. The fourth-order valence-electron chi connectivity index (χ4n) is 4.60. The van der Waals surface area contributed by atoms with Crippen LogP contribution in [0.5, 0.6) is 0 Å². The normalized spacial score (nSPS) is 14.9. The molecule has 4 rings (SSSR count). The highest BCUT2D eigenvalue weighted by atomic mass is 16.5. The van der Waals surface area contributed by atoms with Gasteiger partial charge in [-0.1, -0.05) is 61.4 Å². The van der Waals surface area contributed by atoms with Gasteiger partial charge in [-0.2, -0.15) is 0 Å². The fourth-order valence-corrected chi connectivity index (χ4v) is 4.60. The number of benzene rings is 2. The first kappa shape index (κ1) is 23.9. The van der Waals surface area contributed by atoms with Gasteiger partial charge in [0.1, 0.15) is 18.1 Å². The molecule has 1 aliphatic carbocycles. The summed E-state index contributed by atoms with van der Waals surface area (Å²) in [7, 11) is 1.59. The molecule has 0 unspecified atom stereocenters. The van der Waals surface area contributed by atoms with Crippen molar-refractivity contribution in [1.82, 2.24) is 25.2 Å². The molecule has 3 aromatic rings. The topological polar surface area (TPSA) is 89.4 Å². The van der Waals surface area contributed by atoms with Crippen LogP contribution in [0.1, 0.15) is 49.8 Å². The van der Waals surface area contributed by atoms with Crippen molar-refractivity contribution in [3.8, 4) is 0 Å². The standard InChI is InChI=1S/C26H33N5O3/c1-3-19-12-14-20(15-13-19)25(26(33)27-21-8-4-5-9-21)30(16-17-34-2)24(32)18-31-23-11-7-6-10-22(23)28-29-31/h6-7,10-15,21,25H,3-5,8-9,16-18H2,1-2H3,(H,27,33)/t25-/m0/s1. The zero-order chi connectivity index (χ0) is 23.9. The summed E-state index contributed by atoms with van der Waals surface area (Å²) in [5.41, 5.74) is 3.48. The maximum absolute atomic E-state index is 13.6. The summed E-state index contributed by atoms with van der Waals surface area (Å²) in [5, 5.41) is 11.5. The van der Waals surface area contributed by atoms with Gasteiger partial charge in [0.2, 0.25) is 11.8 Å². The minimum atomic E-state index is -0.746. The summed E-state index contributed by atoms with van der Waals surface area (Å²) in [6, 6.07) is 14.9. The van der Waals surface area contributed by atoms with Crippen molar-refractivity contribution in [2.24, 2.45) is 0 Å². The molecular weight excluding hydrogens is 430 g/mol. The molecule has 2 amide bonds. The summed E-state index contributed by atoms with van der Waals surface area (Å²) in [5.74, 6) is -0.358.